The van der Waals surface area contributed by atoms with Gasteiger partial charge >= 0.3 is 0 Å². The predicted octanol–water partition coefficient (Wildman–Crippen LogP) is 1.03. The van der Waals surface area contributed by atoms with Crippen molar-refractivity contribution in [2.45, 2.75) is 26.3 Å². The molecule has 0 radical (unpaired) electrons. The number of nitrogens with zero attached hydrogens (tertiary/aromatic N) is 1. The Bertz CT molecular complexity index is 399. The van der Waals surface area contributed by atoms with Crippen molar-refractivity contribution in [3.63, 3.8) is 0 Å². The first-order valence-corrected chi connectivity index (χ1v) is 4.66. The van der Waals surface area contributed by atoms with E-state index in [4.69, 9.17) is 5.73 Å². The molecular weight excluding hydrogens is 178 g/mol. The number of anilines is 1. The fraction of sp³-hybridized carbons (Fsp3) is 0.400. The molecule has 2 rings (SSSR count). The molecule has 14 heavy (non-hydrogen) atoms. The van der Waals surface area contributed by atoms with Crippen LogP contribution in [0.4, 0.5) is 5.69 Å². The summed E-state index contributed by atoms with van der Waals surface area (Å²) in [6.07, 6.45) is 1.74. The lowest BCUT2D eigenvalue weighted by molar-refractivity contribution is 0.0966. The van der Waals surface area contributed by atoms with E-state index in [0.29, 0.717) is 17.8 Å². The first-order valence-electron chi connectivity index (χ1n) is 4.66. The molecule has 2 heterocycles. The Morgan fingerprint density at radius 1 is 1.57 bits per heavy atom. The molecule has 3 N–H and O–H groups in total. The number of rotatable bonds is 1. The van der Waals surface area contributed by atoms with Gasteiger partial charge < -0.3 is 11.1 Å². The average molecular weight is 191 g/mol. The van der Waals surface area contributed by atoms with Crippen molar-refractivity contribution in [3.05, 3.63) is 23.0 Å². The third-order valence-corrected chi connectivity index (χ3v) is 2.44. The number of hydrogen-bond acceptors (Lipinski definition) is 3. The summed E-state index contributed by atoms with van der Waals surface area (Å²) in [7, 11) is 0. The Morgan fingerprint density at radius 2 is 2.29 bits per heavy atom. The normalized spacial score (nSPS) is 14.4. The second-order valence-corrected chi connectivity index (χ2v) is 3.79. The number of carbonyl (C=O) groups is 1. The van der Waals surface area contributed by atoms with Crippen LogP contribution in [-0.2, 0) is 6.54 Å². The van der Waals surface area contributed by atoms with E-state index in [1.54, 1.807) is 6.20 Å². The zero-order valence-electron chi connectivity index (χ0n) is 8.29. The maximum atomic E-state index is 11.4. The molecule has 0 saturated carbocycles. The highest BCUT2D eigenvalue weighted by Gasteiger charge is 2.24. The number of carbonyl (C=O) groups excluding carboxylic acids is 1. The molecule has 0 atom stereocenters. The minimum atomic E-state index is -0.0817. The fourth-order valence-electron chi connectivity index (χ4n) is 1.71. The minimum Gasteiger partial charge on any atom is -0.397 e. The lowest BCUT2D eigenvalue weighted by Crippen LogP contribution is -2.14. The number of nitrogens with two attached hydrogens (primary N) is 1. The Labute approximate surface area is 82.5 Å². The minimum absolute atomic E-state index is 0.0817. The van der Waals surface area contributed by atoms with Crippen molar-refractivity contribution in [1.82, 2.24) is 10.3 Å². The molecular formula is C10H13N3O. The molecule has 1 aliphatic heterocycles. The summed E-state index contributed by atoms with van der Waals surface area (Å²) in [4.78, 5) is 15.7. The average Bonchev–Trinajstić information content (AvgIpc) is 2.48. The zero-order chi connectivity index (χ0) is 10.3. The van der Waals surface area contributed by atoms with Gasteiger partial charge in [0.1, 0.15) is 0 Å². The first kappa shape index (κ1) is 8.99. The SMILES string of the molecule is CC(C)c1ncc2c(c1N)C(=O)NC2. The predicted molar refractivity (Wildman–Crippen MR) is 53.9 cm³/mol. The Balaban J connectivity index is 2.61. The van der Waals surface area contributed by atoms with Crippen LogP contribution in [0.3, 0.4) is 0 Å². The van der Waals surface area contributed by atoms with E-state index in [9.17, 15) is 4.79 Å². The van der Waals surface area contributed by atoms with Gasteiger partial charge in [-0.3, -0.25) is 9.78 Å². The molecule has 4 nitrogen and oxygen atoms in total. The Hall–Kier alpha value is -1.58. The van der Waals surface area contributed by atoms with Gasteiger partial charge in [0.2, 0.25) is 0 Å². The number of aromatic nitrogens is 1. The molecule has 1 aliphatic rings. The molecule has 0 saturated heterocycles. The monoisotopic (exact) mass is 191 g/mol. The molecule has 0 aromatic carbocycles. The van der Waals surface area contributed by atoms with E-state index in [-0.39, 0.29) is 11.8 Å². The standard InChI is InChI=1S/C10H13N3O/c1-5(2)9-8(11)7-6(3-12-9)4-13-10(7)14/h3,5H,4,11H2,1-2H3,(H,13,14). The number of pyridine rings is 1. The van der Waals surface area contributed by atoms with Crippen LogP contribution < -0.4 is 11.1 Å². The summed E-state index contributed by atoms with van der Waals surface area (Å²) in [5, 5.41) is 2.73. The van der Waals surface area contributed by atoms with E-state index in [1.807, 2.05) is 13.8 Å². The molecule has 0 spiro atoms. The quantitative estimate of drug-likeness (QED) is 0.696. The van der Waals surface area contributed by atoms with E-state index in [2.05, 4.69) is 10.3 Å². The zero-order valence-corrected chi connectivity index (χ0v) is 8.29. The first-order chi connectivity index (χ1) is 6.61. The lowest BCUT2D eigenvalue weighted by Gasteiger charge is -2.10. The van der Waals surface area contributed by atoms with Crippen LogP contribution in [0.1, 0.15) is 41.4 Å². The number of amides is 1. The summed E-state index contributed by atoms with van der Waals surface area (Å²) in [6, 6.07) is 0. The van der Waals surface area contributed by atoms with Gasteiger partial charge in [-0.1, -0.05) is 13.8 Å². The van der Waals surface area contributed by atoms with Gasteiger partial charge in [0.05, 0.1) is 16.9 Å². The van der Waals surface area contributed by atoms with Gasteiger partial charge in [0, 0.05) is 18.3 Å². The van der Waals surface area contributed by atoms with E-state index in [0.717, 1.165) is 11.3 Å². The molecule has 0 unspecified atom stereocenters. The van der Waals surface area contributed by atoms with Crippen molar-refractivity contribution < 1.29 is 4.79 Å². The highest BCUT2D eigenvalue weighted by atomic mass is 16.1. The lowest BCUT2D eigenvalue weighted by atomic mass is 10.0. The van der Waals surface area contributed by atoms with Gasteiger partial charge in [-0.15, -0.1) is 0 Å². The van der Waals surface area contributed by atoms with Crippen LogP contribution in [0.25, 0.3) is 0 Å². The largest absolute Gasteiger partial charge is 0.397 e. The van der Waals surface area contributed by atoms with Crippen molar-refractivity contribution in [2.75, 3.05) is 5.73 Å². The number of fused-ring (bicyclic) bond motifs is 1. The van der Waals surface area contributed by atoms with Gasteiger partial charge in [0.25, 0.3) is 5.91 Å². The maximum absolute atomic E-state index is 11.4. The number of nitrogen functional groups attached to an aromatic ring is 1. The number of hydrogen-bond donors (Lipinski definition) is 2. The highest BCUT2D eigenvalue weighted by Crippen LogP contribution is 2.27. The summed E-state index contributed by atoms with van der Waals surface area (Å²) in [5.41, 5.74) is 8.76. The van der Waals surface area contributed by atoms with Crippen LogP contribution in [0.15, 0.2) is 6.20 Å². The molecule has 1 aromatic heterocycles. The third kappa shape index (κ3) is 1.14. The molecule has 4 heteroatoms. The van der Waals surface area contributed by atoms with Crippen molar-refractivity contribution >= 4 is 11.6 Å². The van der Waals surface area contributed by atoms with E-state index in [1.165, 1.54) is 0 Å². The maximum Gasteiger partial charge on any atom is 0.254 e. The molecule has 0 aliphatic carbocycles. The van der Waals surface area contributed by atoms with Crippen LogP contribution in [-0.4, -0.2) is 10.9 Å². The van der Waals surface area contributed by atoms with Crippen molar-refractivity contribution in [2.24, 2.45) is 0 Å². The molecule has 0 fully saturated rings. The van der Waals surface area contributed by atoms with Crippen molar-refractivity contribution in [1.29, 1.82) is 0 Å². The molecule has 74 valence electrons. The topological polar surface area (TPSA) is 68.0 Å². The second-order valence-electron chi connectivity index (χ2n) is 3.79. The summed E-state index contributed by atoms with van der Waals surface area (Å²) < 4.78 is 0. The van der Waals surface area contributed by atoms with E-state index < -0.39 is 0 Å². The van der Waals surface area contributed by atoms with Crippen LogP contribution in [0, 0.1) is 0 Å². The van der Waals surface area contributed by atoms with Crippen LogP contribution >= 0.6 is 0 Å². The molecule has 1 amide bonds. The van der Waals surface area contributed by atoms with E-state index >= 15 is 0 Å². The smallest absolute Gasteiger partial charge is 0.254 e. The van der Waals surface area contributed by atoms with Gasteiger partial charge in [-0.2, -0.15) is 0 Å². The highest BCUT2D eigenvalue weighted by molar-refractivity contribution is 6.03. The Kier molecular flexibility index (Phi) is 1.91. The third-order valence-electron chi connectivity index (χ3n) is 2.44. The van der Waals surface area contributed by atoms with Crippen LogP contribution in [0.2, 0.25) is 0 Å². The van der Waals surface area contributed by atoms with Crippen LogP contribution in [0.5, 0.6) is 0 Å². The fourth-order valence-corrected chi connectivity index (χ4v) is 1.71. The second kappa shape index (κ2) is 2.97. The van der Waals surface area contributed by atoms with Gasteiger partial charge in [-0.05, 0) is 5.92 Å². The van der Waals surface area contributed by atoms with Crippen molar-refractivity contribution in [3.8, 4) is 0 Å². The molecule has 1 aromatic rings. The van der Waals surface area contributed by atoms with Gasteiger partial charge in [0.15, 0.2) is 0 Å². The summed E-state index contributed by atoms with van der Waals surface area (Å²) >= 11 is 0. The number of nitrogens with one attached hydrogen (secondary N) is 1. The van der Waals surface area contributed by atoms with Gasteiger partial charge in [-0.25, -0.2) is 0 Å². The summed E-state index contributed by atoms with van der Waals surface area (Å²) in [5.74, 6) is 0.163. The molecule has 0 bridgehead atoms. The Morgan fingerprint density at radius 3 is 2.93 bits per heavy atom. The summed E-state index contributed by atoms with van der Waals surface area (Å²) in [6.45, 7) is 4.57.